The molecule has 0 spiro atoms. The van der Waals surface area contributed by atoms with Crippen molar-refractivity contribution in [2.75, 3.05) is 82.4 Å². The third-order valence-electron chi connectivity index (χ3n) is 10.4. The Morgan fingerprint density at radius 2 is 1.58 bits per heavy atom. The number of anilines is 3. The molecule has 1 fully saturated rings. The summed E-state index contributed by atoms with van der Waals surface area (Å²) in [5.74, 6) is -2.20. The first-order valence-corrected chi connectivity index (χ1v) is 21.5. The van der Waals surface area contributed by atoms with Gasteiger partial charge in [0.1, 0.15) is 6.04 Å². The Kier molecular flexibility index (Phi) is 15.8. The van der Waals surface area contributed by atoms with Gasteiger partial charge in [0.15, 0.2) is 16.6 Å². The van der Waals surface area contributed by atoms with Gasteiger partial charge in [-0.15, -0.1) is 4.80 Å². The summed E-state index contributed by atoms with van der Waals surface area (Å²) < 4.78 is 23.9. The fraction of sp³-hybridized carbons (Fsp3) is 0.390. The van der Waals surface area contributed by atoms with Crippen LogP contribution >= 0.6 is 23.2 Å². The Bertz CT molecular complexity index is 2600. The lowest BCUT2D eigenvalue weighted by molar-refractivity contribution is -0.136. The molecule has 0 aliphatic carbocycles. The molecule has 0 bridgehead atoms. The van der Waals surface area contributed by atoms with Crippen molar-refractivity contribution in [3.8, 4) is 5.82 Å². The molecule has 25 heteroatoms. The predicted octanol–water partition coefficient (Wildman–Crippen LogP) is 3.15. The van der Waals surface area contributed by atoms with E-state index >= 15 is 0 Å². The summed E-state index contributed by atoms with van der Waals surface area (Å²) >= 11 is 12.6. The first-order chi connectivity index (χ1) is 31.9. The molecular weight excluding hydrogens is 905 g/mol. The number of imide groups is 2. The third-order valence-corrected chi connectivity index (χ3v) is 10.9. The summed E-state index contributed by atoms with van der Waals surface area (Å²) in [5.41, 5.74) is 2.25. The highest BCUT2D eigenvalue weighted by molar-refractivity contribution is 6.32. The number of nitrogens with one attached hydrogen (secondary N) is 4. The zero-order valence-electron chi connectivity index (χ0n) is 35.7. The Labute approximate surface area is 386 Å². The number of amides is 7. The van der Waals surface area contributed by atoms with Crippen molar-refractivity contribution in [1.29, 1.82) is 0 Å². The van der Waals surface area contributed by atoms with Gasteiger partial charge < -0.3 is 39.8 Å². The number of piperidine rings is 1. The van der Waals surface area contributed by atoms with Crippen LogP contribution in [-0.4, -0.2) is 152 Å². The molecule has 7 amide bonds. The molecule has 2 atom stereocenters. The minimum absolute atomic E-state index is 0.0427. The predicted molar refractivity (Wildman–Crippen MR) is 235 cm³/mol. The highest BCUT2D eigenvalue weighted by Crippen LogP contribution is 2.33. The molecular formula is C41H45Cl2N13O10. The first kappa shape index (κ1) is 47.3. The number of nitrogens with zero attached hydrogens (tertiary/aromatic N) is 9. The molecule has 6 heterocycles. The van der Waals surface area contributed by atoms with Crippen LogP contribution < -0.4 is 21.3 Å². The molecule has 0 saturated carbocycles. The molecule has 7 rings (SSSR count). The molecule has 0 radical (unpaired) electrons. The maximum Gasteiger partial charge on any atom is 0.323 e. The highest BCUT2D eigenvalue weighted by atomic mass is 35.5. The molecule has 1 saturated heterocycles. The van der Waals surface area contributed by atoms with Crippen molar-refractivity contribution < 1.29 is 47.7 Å². The first-order valence-electron chi connectivity index (χ1n) is 20.7. The van der Waals surface area contributed by atoms with Crippen molar-refractivity contribution in [2.24, 2.45) is 0 Å². The lowest BCUT2D eigenvalue weighted by atomic mass is 10.0. The summed E-state index contributed by atoms with van der Waals surface area (Å²) in [6.45, 7) is 4.37. The fourth-order valence-corrected chi connectivity index (χ4v) is 7.51. The molecule has 66 heavy (non-hydrogen) atoms. The van der Waals surface area contributed by atoms with Crippen molar-refractivity contribution in [1.82, 2.24) is 49.7 Å². The van der Waals surface area contributed by atoms with Crippen LogP contribution in [0.4, 0.5) is 21.9 Å². The number of rotatable bonds is 22. The number of carbonyl (C=O) groups is 6. The van der Waals surface area contributed by atoms with Gasteiger partial charge in [-0.3, -0.25) is 34.2 Å². The Morgan fingerprint density at radius 3 is 2.27 bits per heavy atom. The van der Waals surface area contributed by atoms with Crippen LogP contribution in [0, 0.1) is 0 Å². The van der Waals surface area contributed by atoms with Crippen molar-refractivity contribution in [2.45, 2.75) is 38.3 Å². The van der Waals surface area contributed by atoms with E-state index in [1.807, 2.05) is 0 Å². The van der Waals surface area contributed by atoms with Gasteiger partial charge in [0.2, 0.25) is 17.7 Å². The average molecular weight is 951 g/mol. The fourth-order valence-electron chi connectivity index (χ4n) is 7.09. The van der Waals surface area contributed by atoms with Crippen molar-refractivity contribution in [3.63, 3.8) is 0 Å². The van der Waals surface area contributed by atoms with E-state index in [4.69, 9.17) is 42.1 Å². The van der Waals surface area contributed by atoms with Crippen molar-refractivity contribution in [3.05, 3.63) is 82.1 Å². The van der Waals surface area contributed by atoms with E-state index < -0.39 is 41.7 Å². The topological polar surface area (TPSA) is 268 Å². The number of urea groups is 1. The number of halogens is 2. The second kappa shape index (κ2) is 22.0. The molecule has 348 valence electrons. The second-order valence-corrected chi connectivity index (χ2v) is 15.5. The van der Waals surface area contributed by atoms with E-state index in [1.165, 1.54) is 51.1 Å². The van der Waals surface area contributed by atoms with Gasteiger partial charge in [-0.2, -0.15) is 15.3 Å². The molecule has 4 N–H and O–H groups in total. The lowest BCUT2D eigenvalue weighted by Gasteiger charge is -2.27. The van der Waals surface area contributed by atoms with Crippen LogP contribution in [0.25, 0.3) is 11.5 Å². The van der Waals surface area contributed by atoms with E-state index in [0.29, 0.717) is 62.3 Å². The molecule has 4 aromatic heterocycles. The smallest absolute Gasteiger partial charge is 0.323 e. The van der Waals surface area contributed by atoms with Crippen LogP contribution in [0.15, 0.2) is 55.1 Å². The van der Waals surface area contributed by atoms with Gasteiger partial charge in [0, 0.05) is 31.8 Å². The van der Waals surface area contributed by atoms with Crippen LogP contribution in [0.5, 0.6) is 0 Å². The third kappa shape index (κ3) is 11.2. The van der Waals surface area contributed by atoms with Gasteiger partial charge in [-0.05, 0) is 31.5 Å². The van der Waals surface area contributed by atoms with Gasteiger partial charge >= 0.3 is 6.03 Å². The number of aromatic nitrogens is 7. The van der Waals surface area contributed by atoms with E-state index in [0.717, 1.165) is 4.90 Å². The standard InChI is InChI=1S/C41H45Cl2N13O10/c1-24(36-29(23-45-32-21-31(43)52-55(32)36)50-41(62)49-25-20-27(42)37(46-22-25)56-47-9-10-48-56)53(2)34(58)8-12-63-14-16-65-18-19-66-17-15-64-13-11-44-28-5-3-4-26-35(28)40(61)54(39(26)60)30-6-7-33(57)51-38(30)59/h3-5,9-10,20-24,30,44H,6-8,11-19H2,1-2H3,(H2,49,50,62)(H,51,57,59). The Hall–Kier alpha value is -6.63. The van der Waals surface area contributed by atoms with E-state index in [-0.39, 0.29) is 77.8 Å². The quantitative estimate of drug-likeness (QED) is 0.0573. The summed E-state index contributed by atoms with van der Waals surface area (Å²) in [6.07, 6.45) is 6.02. The molecule has 2 aliphatic rings. The van der Waals surface area contributed by atoms with Gasteiger partial charge in [-0.25, -0.2) is 19.3 Å². The summed E-state index contributed by atoms with van der Waals surface area (Å²) in [6, 6.07) is 5.64. The van der Waals surface area contributed by atoms with Crippen LogP contribution in [0.3, 0.4) is 0 Å². The summed E-state index contributed by atoms with van der Waals surface area (Å²) in [7, 11) is 1.63. The maximum absolute atomic E-state index is 13.3. The number of pyridine rings is 1. The van der Waals surface area contributed by atoms with Crippen LogP contribution in [-0.2, 0) is 33.3 Å². The number of hydrogen-bond acceptors (Lipinski definition) is 16. The van der Waals surface area contributed by atoms with E-state index in [9.17, 15) is 28.8 Å². The molecule has 2 aliphatic heterocycles. The van der Waals surface area contributed by atoms with Gasteiger partial charge in [0.25, 0.3) is 11.8 Å². The normalized spacial score (nSPS) is 15.2. The zero-order valence-corrected chi connectivity index (χ0v) is 37.2. The number of carbonyl (C=O) groups excluding carboxylic acids is 6. The maximum atomic E-state index is 13.3. The van der Waals surface area contributed by atoms with Crippen LogP contribution in [0.2, 0.25) is 10.2 Å². The number of hydrogen-bond donors (Lipinski definition) is 4. The highest BCUT2D eigenvalue weighted by Gasteiger charge is 2.45. The van der Waals surface area contributed by atoms with Crippen molar-refractivity contribution >= 4 is 81.5 Å². The molecule has 2 unspecified atom stereocenters. The average Bonchev–Trinajstić information content (AvgIpc) is 4.02. The number of ether oxygens (including phenoxy) is 4. The van der Waals surface area contributed by atoms with Gasteiger partial charge in [-0.1, -0.05) is 29.3 Å². The van der Waals surface area contributed by atoms with Crippen LogP contribution in [0.1, 0.15) is 58.6 Å². The largest absolute Gasteiger partial charge is 0.382 e. The monoisotopic (exact) mass is 949 g/mol. The van der Waals surface area contributed by atoms with E-state index in [2.05, 4.69) is 46.5 Å². The Balaban J connectivity index is 0.759. The summed E-state index contributed by atoms with van der Waals surface area (Å²) in [5, 5.41) is 23.5. The Morgan fingerprint density at radius 1 is 0.879 bits per heavy atom. The summed E-state index contributed by atoms with van der Waals surface area (Å²) in [4.78, 5) is 88.9. The SMILES string of the molecule is CC(c1c(NC(=O)Nc2cnc(-n3nccn3)c(Cl)c2)cnc2cc(Cl)nn12)N(C)C(=O)CCOCCOCCOCCOCCNc1cccc2c1C(=O)N(C1CCC(=O)NC1=O)C2=O. The lowest BCUT2D eigenvalue weighted by Crippen LogP contribution is -2.54. The zero-order chi connectivity index (χ0) is 46.7. The second-order valence-electron chi connectivity index (χ2n) is 14.7. The van der Waals surface area contributed by atoms with E-state index in [1.54, 1.807) is 32.2 Å². The minimum atomic E-state index is -1.04. The minimum Gasteiger partial charge on any atom is -0.382 e. The molecule has 5 aromatic rings. The van der Waals surface area contributed by atoms with Gasteiger partial charge in [0.05, 0.1) is 123 Å². The molecule has 23 nitrogen and oxygen atoms in total. The molecule has 1 aromatic carbocycles. The number of benzene rings is 1. The number of fused-ring (bicyclic) bond motifs is 2.